The number of carbonyl (C=O) groups excluding carboxylic acids is 1. The van der Waals surface area contributed by atoms with Crippen LogP contribution in [0, 0.1) is 0 Å². The standard InChI is InChI=1S/C6H9NO.C4H6O2/c1-2-7-5-3-4-6(7)8;1-2-3-4(5)6/h2H,1,3-5H2;2-3H,1H3,(H,5,6)/b;3-2+. The van der Waals surface area contributed by atoms with Crippen LogP contribution < -0.4 is 0 Å². The molecule has 0 saturated carbocycles. The summed E-state index contributed by atoms with van der Waals surface area (Å²) >= 11 is 0. The largest absolute Gasteiger partial charge is 0.478 e. The van der Waals surface area contributed by atoms with Crippen LogP contribution in [0.4, 0.5) is 0 Å². The van der Waals surface area contributed by atoms with Crippen molar-refractivity contribution in [1.82, 2.24) is 4.90 Å². The molecule has 78 valence electrons. The summed E-state index contributed by atoms with van der Waals surface area (Å²) in [6.45, 7) is 6.02. The normalized spacial score (nSPS) is 15.2. The lowest BCUT2D eigenvalue weighted by Gasteiger charge is -2.05. The van der Waals surface area contributed by atoms with E-state index >= 15 is 0 Å². The van der Waals surface area contributed by atoms with E-state index in [1.807, 2.05) is 0 Å². The van der Waals surface area contributed by atoms with Crippen molar-refractivity contribution in [3.8, 4) is 0 Å². The van der Waals surface area contributed by atoms with Gasteiger partial charge >= 0.3 is 5.97 Å². The molecule has 0 unspecified atom stereocenters. The molecule has 1 aliphatic rings. The van der Waals surface area contributed by atoms with Gasteiger partial charge in [0, 0.05) is 19.0 Å². The van der Waals surface area contributed by atoms with Crippen molar-refractivity contribution in [2.75, 3.05) is 6.54 Å². The Morgan fingerprint density at radius 3 is 2.43 bits per heavy atom. The number of hydrogen-bond acceptors (Lipinski definition) is 2. The van der Waals surface area contributed by atoms with Crippen LogP contribution in [-0.4, -0.2) is 28.4 Å². The summed E-state index contributed by atoms with van der Waals surface area (Å²) in [6, 6.07) is 0. The molecule has 1 saturated heterocycles. The zero-order valence-electron chi connectivity index (χ0n) is 8.27. The lowest BCUT2D eigenvalue weighted by Crippen LogP contribution is -2.16. The quantitative estimate of drug-likeness (QED) is 0.681. The van der Waals surface area contributed by atoms with E-state index < -0.39 is 5.97 Å². The first-order valence-corrected chi connectivity index (χ1v) is 4.39. The number of likely N-dealkylation sites (tertiary alicyclic amines) is 1. The van der Waals surface area contributed by atoms with Gasteiger partial charge in [0.15, 0.2) is 0 Å². The highest BCUT2D eigenvalue weighted by Gasteiger charge is 2.15. The maximum Gasteiger partial charge on any atom is 0.327 e. The number of carboxylic acids is 1. The number of amides is 1. The Hall–Kier alpha value is -1.58. The van der Waals surface area contributed by atoms with Crippen LogP contribution in [0.25, 0.3) is 0 Å². The molecule has 14 heavy (non-hydrogen) atoms. The third-order valence-corrected chi connectivity index (χ3v) is 1.64. The van der Waals surface area contributed by atoms with E-state index in [-0.39, 0.29) is 5.91 Å². The average molecular weight is 197 g/mol. The number of aliphatic carboxylic acids is 1. The zero-order chi connectivity index (χ0) is 11.0. The monoisotopic (exact) mass is 197 g/mol. The number of carboxylic acid groups (broad SMARTS) is 1. The van der Waals surface area contributed by atoms with Crippen LogP contribution in [0.15, 0.2) is 24.9 Å². The summed E-state index contributed by atoms with van der Waals surface area (Å²) in [4.78, 5) is 21.8. The van der Waals surface area contributed by atoms with Crippen molar-refractivity contribution in [2.45, 2.75) is 19.8 Å². The smallest absolute Gasteiger partial charge is 0.327 e. The Balaban J connectivity index is 0.000000255. The lowest BCUT2D eigenvalue weighted by atomic mass is 10.4. The van der Waals surface area contributed by atoms with Gasteiger partial charge < -0.3 is 10.0 Å². The van der Waals surface area contributed by atoms with E-state index in [1.165, 1.54) is 6.08 Å². The molecule has 0 aromatic heterocycles. The molecule has 1 amide bonds. The Bertz CT molecular complexity index is 246. The van der Waals surface area contributed by atoms with Gasteiger partial charge in [-0.05, 0) is 19.5 Å². The molecule has 4 heteroatoms. The molecule has 1 heterocycles. The van der Waals surface area contributed by atoms with Gasteiger partial charge in [-0.15, -0.1) is 0 Å². The van der Waals surface area contributed by atoms with Crippen LogP contribution >= 0.6 is 0 Å². The van der Waals surface area contributed by atoms with Gasteiger partial charge in [0.25, 0.3) is 0 Å². The minimum atomic E-state index is -0.891. The average Bonchev–Trinajstić information content (AvgIpc) is 2.51. The van der Waals surface area contributed by atoms with Crippen LogP contribution in [-0.2, 0) is 9.59 Å². The molecular weight excluding hydrogens is 182 g/mol. The Morgan fingerprint density at radius 2 is 2.29 bits per heavy atom. The third-order valence-electron chi connectivity index (χ3n) is 1.64. The van der Waals surface area contributed by atoms with Crippen molar-refractivity contribution in [3.05, 3.63) is 24.9 Å². The molecular formula is C10H15NO3. The van der Waals surface area contributed by atoms with E-state index in [2.05, 4.69) is 6.58 Å². The molecule has 0 spiro atoms. The highest BCUT2D eigenvalue weighted by atomic mass is 16.4. The summed E-state index contributed by atoms with van der Waals surface area (Å²) in [5.74, 6) is -0.683. The number of nitrogens with zero attached hydrogens (tertiary/aromatic N) is 1. The van der Waals surface area contributed by atoms with Gasteiger partial charge in [0.05, 0.1) is 0 Å². The van der Waals surface area contributed by atoms with Gasteiger partial charge in [0.2, 0.25) is 5.91 Å². The van der Waals surface area contributed by atoms with Crippen molar-refractivity contribution in [3.63, 3.8) is 0 Å². The molecule has 0 atom stereocenters. The predicted molar refractivity (Wildman–Crippen MR) is 53.6 cm³/mol. The van der Waals surface area contributed by atoms with Gasteiger partial charge in [-0.1, -0.05) is 12.7 Å². The van der Waals surface area contributed by atoms with Crippen LogP contribution in [0.3, 0.4) is 0 Å². The first-order chi connectivity index (χ1) is 6.61. The number of rotatable bonds is 2. The Kier molecular flexibility index (Phi) is 6.11. The first-order valence-electron chi connectivity index (χ1n) is 4.39. The molecule has 1 N–H and O–H groups in total. The maximum absolute atomic E-state index is 10.7. The van der Waals surface area contributed by atoms with Gasteiger partial charge in [-0.3, -0.25) is 4.79 Å². The summed E-state index contributed by atoms with van der Waals surface area (Å²) in [5.41, 5.74) is 0. The molecule has 0 aliphatic carbocycles. The topological polar surface area (TPSA) is 57.6 Å². The fraction of sp³-hybridized carbons (Fsp3) is 0.400. The lowest BCUT2D eigenvalue weighted by molar-refractivity contribution is -0.131. The van der Waals surface area contributed by atoms with Crippen molar-refractivity contribution < 1.29 is 14.7 Å². The number of carbonyl (C=O) groups is 2. The van der Waals surface area contributed by atoms with Crippen molar-refractivity contribution in [1.29, 1.82) is 0 Å². The second-order valence-corrected chi connectivity index (χ2v) is 2.71. The molecule has 0 bridgehead atoms. The molecule has 1 fully saturated rings. The molecule has 1 rings (SSSR count). The first kappa shape index (κ1) is 12.4. The minimum Gasteiger partial charge on any atom is -0.478 e. The fourth-order valence-electron chi connectivity index (χ4n) is 1.00. The second-order valence-electron chi connectivity index (χ2n) is 2.71. The van der Waals surface area contributed by atoms with Gasteiger partial charge in [0.1, 0.15) is 0 Å². The van der Waals surface area contributed by atoms with E-state index in [4.69, 9.17) is 5.11 Å². The molecule has 4 nitrogen and oxygen atoms in total. The third kappa shape index (κ3) is 5.13. The van der Waals surface area contributed by atoms with E-state index in [0.717, 1.165) is 19.0 Å². The predicted octanol–water partition coefficient (Wildman–Crippen LogP) is 1.40. The highest BCUT2D eigenvalue weighted by Crippen LogP contribution is 2.08. The summed E-state index contributed by atoms with van der Waals surface area (Å²) in [7, 11) is 0. The van der Waals surface area contributed by atoms with Gasteiger partial charge in [-0.25, -0.2) is 4.79 Å². The molecule has 0 aromatic carbocycles. The molecule has 1 aliphatic heterocycles. The van der Waals surface area contributed by atoms with Crippen molar-refractivity contribution in [2.24, 2.45) is 0 Å². The number of hydrogen-bond donors (Lipinski definition) is 1. The Morgan fingerprint density at radius 1 is 1.64 bits per heavy atom. The molecule has 0 radical (unpaired) electrons. The Labute approximate surface area is 83.5 Å². The zero-order valence-corrected chi connectivity index (χ0v) is 8.27. The van der Waals surface area contributed by atoms with E-state index in [0.29, 0.717) is 6.42 Å². The maximum atomic E-state index is 10.7. The summed E-state index contributed by atoms with van der Waals surface area (Å²) < 4.78 is 0. The van der Waals surface area contributed by atoms with Crippen molar-refractivity contribution >= 4 is 11.9 Å². The summed E-state index contributed by atoms with van der Waals surface area (Å²) in [6.07, 6.45) is 5.84. The highest BCUT2D eigenvalue weighted by molar-refractivity contribution is 5.79. The van der Waals surface area contributed by atoms with E-state index in [9.17, 15) is 9.59 Å². The van der Waals surface area contributed by atoms with Crippen LogP contribution in [0.1, 0.15) is 19.8 Å². The molecule has 0 aromatic rings. The number of allylic oxidation sites excluding steroid dienone is 1. The van der Waals surface area contributed by atoms with Crippen LogP contribution in [0.2, 0.25) is 0 Å². The summed E-state index contributed by atoms with van der Waals surface area (Å²) in [5, 5.41) is 7.83. The SMILES string of the molecule is C/C=C/C(=O)O.C=CN1CCCC1=O. The minimum absolute atomic E-state index is 0.208. The van der Waals surface area contributed by atoms with Crippen LogP contribution in [0.5, 0.6) is 0 Å². The van der Waals surface area contributed by atoms with E-state index in [1.54, 1.807) is 18.0 Å². The fourth-order valence-corrected chi connectivity index (χ4v) is 1.00. The second kappa shape index (κ2) is 6.88. The van der Waals surface area contributed by atoms with Gasteiger partial charge in [-0.2, -0.15) is 0 Å².